The number of hydrogen-bond donors (Lipinski definition) is 0. The highest BCUT2D eigenvalue weighted by molar-refractivity contribution is 6.13. The molecule has 2 nitrogen and oxygen atoms in total. The van der Waals surface area contributed by atoms with E-state index in [2.05, 4.69) is 168 Å². The minimum atomic E-state index is 0.295. The molecule has 1 aliphatic carbocycles. The van der Waals surface area contributed by atoms with Gasteiger partial charge in [-0.15, -0.1) is 0 Å². The Kier molecular flexibility index (Phi) is 5.73. The van der Waals surface area contributed by atoms with Crippen LogP contribution in [0.4, 0.5) is 0 Å². The maximum Gasteiger partial charge on any atom is 0.146 e. The number of aromatic nitrogens is 2. The Morgan fingerprint density at radius 1 is 0.511 bits per heavy atom. The Bertz CT molecular complexity index is 2780. The van der Waals surface area contributed by atoms with Gasteiger partial charge in [0, 0.05) is 16.7 Å². The number of imidazole rings is 1. The largest absolute Gasteiger partial charge is 0.292 e. The van der Waals surface area contributed by atoms with Crippen molar-refractivity contribution >= 4 is 66.0 Å². The third-order valence-electron chi connectivity index (χ3n) is 10.1. The molecule has 2 bridgehead atoms. The third kappa shape index (κ3) is 4.15. The van der Waals surface area contributed by atoms with Gasteiger partial charge in [0.2, 0.25) is 0 Å². The molecule has 0 amide bonds. The molecular formula is C45H30N2. The summed E-state index contributed by atoms with van der Waals surface area (Å²) in [4.78, 5) is 5.21. The second-order valence-electron chi connectivity index (χ2n) is 12.8. The van der Waals surface area contributed by atoms with Crippen molar-refractivity contribution in [3.8, 4) is 11.1 Å². The fraction of sp³-hybridized carbons (Fsp3) is 0.0444. The van der Waals surface area contributed by atoms with Gasteiger partial charge in [-0.3, -0.25) is 4.40 Å². The van der Waals surface area contributed by atoms with Gasteiger partial charge < -0.3 is 0 Å². The summed E-state index contributed by atoms with van der Waals surface area (Å²) in [7, 11) is 0. The quantitative estimate of drug-likeness (QED) is 0.181. The van der Waals surface area contributed by atoms with E-state index in [1.165, 1.54) is 71.0 Å². The number of allylic oxidation sites excluding steroid dienone is 3. The monoisotopic (exact) mass is 598 g/mol. The van der Waals surface area contributed by atoms with Crippen molar-refractivity contribution < 1.29 is 0 Å². The average molecular weight is 599 g/mol. The van der Waals surface area contributed by atoms with E-state index in [9.17, 15) is 0 Å². The molecule has 1 unspecified atom stereocenters. The summed E-state index contributed by atoms with van der Waals surface area (Å²) in [6, 6.07) is 51.4. The zero-order valence-corrected chi connectivity index (χ0v) is 25.8. The number of fused-ring (bicyclic) bond motifs is 10. The van der Waals surface area contributed by atoms with E-state index in [1.807, 2.05) is 0 Å². The highest BCUT2D eigenvalue weighted by Gasteiger charge is 2.17. The number of para-hydroxylation sites is 1. The van der Waals surface area contributed by atoms with Crippen LogP contribution in [0.3, 0.4) is 0 Å². The topological polar surface area (TPSA) is 17.3 Å². The Morgan fingerprint density at radius 3 is 2.19 bits per heavy atom. The summed E-state index contributed by atoms with van der Waals surface area (Å²) in [6.45, 7) is 0. The molecule has 1 atom stereocenters. The van der Waals surface area contributed by atoms with Gasteiger partial charge in [-0.05, 0) is 91.5 Å². The van der Waals surface area contributed by atoms with Crippen molar-refractivity contribution in [1.29, 1.82) is 0 Å². The summed E-state index contributed by atoms with van der Waals surface area (Å²) in [6.07, 6.45) is 9.84. The van der Waals surface area contributed by atoms with E-state index in [4.69, 9.17) is 4.98 Å². The van der Waals surface area contributed by atoms with Crippen LogP contribution < -0.4 is 0 Å². The summed E-state index contributed by atoms with van der Waals surface area (Å²) in [5.41, 5.74) is 10.7. The van der Waals surface area contributed by atoms with Gasteiger partial charge in [-0.2, -0.15) is 0 Å². The van der Waals surface area contributed by atoms with Crippen LogP contribution in [0.1, 0.15) is 29.0 Å². The standard InChI is InChI=1S/C45H30N2/c1-2-9-29-10-8-11-30-17-21-36(27-41(29)30)37(12-3-1)35-22-20-31-25-32(18-19-33(31)26-35)34-23-24-44-42(28-34)46-45-40-15-5-4-13-38(40)39-14-6-7-16-43(39)47(44)45/h1-11,13-28,37H,12H2/b3-1+,9-2-. The van der Waals surface area contributed by atoms with Gasteiger partial charge >= 0.3 is 0 Å². The van der Waals surface area contributed by atoms with Gasteiger partial charge in [-0.1, -0.05) is 133 Å². The summed E-state index contributed by atoms with van der Waals surface area (Å²) >= 11 is 0. The summed E-state index contributed by atoms with van der Waals surface area (Å²) in [5.74, 6) is 0.295. The number of hydrogen-bond acceptors (Lipinski definition) is 1. The van der Waals surface area contributed by atoms with Crippen LogP contribution in [0.15, 0.2) is 158 Å². The molecule has 0 fully saturated rings. The SMILES string of the molecule is C1=C\c2cccc3ccc(cc23)C(c2ccc3cc(-c4ccc5c(c4)nc4c6ccccc6c6ccccc6n54)ccc3c2)C/C=C/1. The van der Waals surface area contributed by atoms with E-state index in [1.54, 1.807) is 0 Å². The van der Waals surface area contributed by atoms with Crippen LogP contribution >= 0.6 is 0 Å². The molecule has 0 N–H and O–H groups in total. The van der Waals surface area contributed by atoms with E-state index in [0.717, 1.165) is 23.1 Å². The van der Waals surface area contributed by atoms with Crippen LogP contribution in [0.2, 0.25) is 0 Å². The van der Waals surface area contributed by atoms with Crippen LogP contribution in [-0.2, 0) is 0 Å². The van der Waals surface area contributed by atoms with Crippen molar-refractivity contribution in [2.45, 2.75) is 12.3 Å². The average Bonchev–Trinajstić information content (AvgIpc) is 3.52. The molecule has 10 rings (SSSR count). The Hall–Kier alpha value is -5.99. The molecule has 0 spiro atoms. The predicted molar refractivity (Wildman–Crippen MR) is 199 cm³/mol. The first-order chi connectivity index (χ1) is 23.3. The van der Waals surface area contributed by atoms with Gasteiger partial charge in [0.05, 0.1) is 16.6 Å². The van der Waals surface area contributed by atoms with E-state index in [-0.39, 0.29) is 0 Å². The fourth-order valence-electron chi connectivity index (χ4n) is 7.75. The molecule has 9 aromatic rings. The maximum absolute atomic E-state index is 5.21. The minimum absolute atomic E-state index is 0.295. The molecule has 47 heavy (non-hydrogen) atoms. The molecule has 7 aromatic carbocycles. The molecule has 2 heterocycles. The Balaban J connectivity index is 1.06. The van der Waals surface area contributed by atoms with Crippen molar-refractivity contribution in [3.63, 3.8) is 0 Å². The van der Waals surface area contributed by atoms with Crippen LogP contribution in [0, 0.1) is 0 Å². The van der Waals surface area contributed by atoms with Crippen LogP contribution in [-0.4, -0.2) is 9.38 Å². The molecule has 0 radical (unpaired) electrons. The number of rotatable bonds is 2. The van der Waals surface area contributed by atoms with Crippen molar-refractivity contribution in [3.05, 3.63) is 174 Å². The van der Waals surface area contributed by atoms with E-state index >= 15 is 0 Å². The molecule has 2 aromatic heterocycles. The van der Waals surface area contributed by atoms with Crippen molar-refractivity contribution in [1.82, 2.24) is 9.38 Å². The highest BCUT2D eigenvalue weighted by atomic mass is 15.0. The zero-order chi connectivity index (χ0) is 30.9. The number of benzene rings is 7. The van der Waals surface area contributed by atoms with Crippen LogP contribution in [0.5, 0.6) is 0 Å². The predicted octanol–water partition coefficient (Wildman–Crippen LogP) is 11.9. The molecule has 220 valence electrons. The first kappa shape index (κ1) is 26.2. The molecule has 1 aliphatic rings. The lowest BCUT2D eigenvalue weighted by Gasteiger charge is -2.19. The minimum Gasteiger partial charge on any atom is -0.292 e. The van der Waals surface area contributed by atoms with Gasteiger partial charge in [0.1, 0.15) is 5.65 Å². The lowest BCUT2D eigenvalue weighted by Crippen LogP contribution is -2.01. The lowest BCUT2D eigenvalue weighted by molar-refractivity contribution is 0.832. The second kappa shape index (κ2) is 10.3. The molecule has 2 heteroatoms. The van der Waals surface area contributed by atoms with Crippen molar-refractivity contribution in [2.24, 2.45) is 0 Å². The molecule has 0 saturated carbocycles. The molecule has 0 aliphatic heterocycles. The van der Waals surface area contributed by atoms with Crippen molar-refractivity contribution in [2.75, 3.05) is 0 Å². The van der Waals surface area contributed by atoms with Crippen LogP contribution in [0.25, 0.3) is 77.1 Å². The molecule has 0 saturated heterocycles. The Morgan fingerprint density at radius 2 is 1.26 bits per heavy atom. The van der Waals surface area contributed by atoms with Gasteiger partial charge in [0.15, 0.2) is 0 Å². The zero-order valence-electron chi connectivity index (χ0n) is 25.8. The highest BCUT2D eigenvalue weighted by Crippen LogP contribution is 2.37. The van der Waals surface area contributed by atoms with Gasteiger partial charge in [-0.25, -0.2) is 4.98 Å². The van der Waals surface area contributed by atoms with E-state index in [0.29, 0.717) is 5.92 Å². The van der Waals surface area contributed by atoms with Gasteiger partial charge in [0.25, 0.3) is 0 Å². The first-order valence-electron chi connectivity index (χ1n) is 16.4. The first-order valence-corrected chi connectivity index (χ1v) is 16.4. The summed E-state index contributed by atoms with van der Waals surface area (Å²) in [5, 5.41) is 8.78. The fourth-order valence-corrected chi connectivity index (χ4v) is 7.75. The lowest BCUT2D eigenvalue weighted by atomic mass is 9.85. The normalized spacial score (nSPS) is 16.1. The maximum atomic E-state index is 5.21. The number of pyridine rings is 1. The summed E-state index contributed by atoms with van der Waals surface area (Å²) < 4.78 is 2.32. The Labute approximate surface area is 272 Å². The molecular weight excluding hydrogens is 569 g/mol. The number of nitrogens with zero attached hydrogens (tertiary/aromatic N) is 2. The third-order valence-corrected chi connectivity index (χ3v) is 10.1. The second-order valence-corrected chi connectivity index (χ2v) is 12.8. The smallest absolute Gasteiger partial charge is 0.146 e. The van der Waals surface area contributed by atoms with E-state index < -0.39 is 0 Å².